The third kappa shape index (κ3) is 3.83. The minimum atomic E-state index is -0.869. The van der Waals surface area contributed by atoms with Gasteiger partial charge in [-0.15, -0.1) is 0 Å². The highest BCUT2D eigenvalue weighted by Crippen LogP contribution is 2.23. The lowest BCUT2D eigenvalue weighted by Gasteiger charge is -2.17. The summed E-state index contributed by atoms with van der Waals surface area (Å²) in [6.45, 7) is 1.80. The number of benzene rings is 2. The molecule has 25 heavy (non-hydrogen) atoms. The van der Waals surface area contributed by atoms with Gasteiger partial charge in [-0.1, -0.05) is 43.3 Å². The fourth-order valence-electron chi connectivity index (χ4n) is 2.55. The SMILES string of the molecule is CCC(OC(=O)c1cccnc1)C(=O)Nc1cccc2ccccc12. The number of ether oxygens (including phenoxy) is 1. The monoisotopic (exact) mass is 334 g/mol. The summed E-state index contributed by atoms with van der Waals surface area (Å²) in [6.07, 6.45) is 2.49. The summed E-state index contributed by atoms with van der Waals surface area (Å²) in [5, 5.41) is 4.83. The number of carbonyl (C=O) groups is 2. The van der Waals surface area contributed by atoms with Gasteiger partial charge in [-0.2, -0.15) is 0 Å². The molecule has 1 N–H and O–H groups in total. The van der Waals surface area contributed by atoms with Crippen LogP contribution in [0, 0.1) is 0 Å². The quantitative estimate of drug-likeness (QED) is 0.721. The molecule has 1 heterocycles. The molecule has 3 aromatic rings. The summed E-state index contributed by atoms with van der Waals surface area (Å²) in [5.41, 5.74) is 1.01. The normalized spacial score (nSPS) is 11.7. The van der Waals surface area contributed by atoms with E-state index in [1.54, 1.807) is 25.3 Å². The number of pyridine rings is 1. The molecule has 1 amide bonds. The molecule has 1 aromatic heterocycles. The van der Waals surface area contributed by atoms with Crippen molar-refractivity contribution >= 4 is 28.3 Å². The first-order chi connectivity index (χ1) is 12.2. The number of esters is 1. The number of fused-ring (bicyclic) bond motifs is 1. The molecule has 0 fully saturated rings. The molecule has 0 spiro atoms. The van der Waals surface area contributed by atoms with E-state index in [1.165, 1.54) is 6.20 Å². The molecule has 126 valence electrons. The lowest BCUT2D eigenvalue weighted by atomic mass is 10.1. The predicted molar refractivity (Wildman–Crippen MR) is 96.3 cm³/mol. The van der Waals surface area contributed by atoms with E-state index in [0.717, 1.165) is 10.8 Å². The van der Waals surface area contributed by atoms with Crippen LogP contribution in [0.25, 0.3) is 10.8 Å². The summed E-state index contributed by atoms with van der Waals surface area (Å²) >= 11 is 0. The van der Waals surface area contributed by atoms with Crippen LogP contribution in [0.15, 0.2) is 67.0 Å². The van der Waals surface area contributed by atoms with Crippen LogP contribution in [-0.4, -0.2) is 23.0 Å². The zero-order valence-corrected chi connectivity index (χ0v) is 13.8. The minimum absolute atomic E-state index is 0.318. The van der Waals surface area contributed by atoms with Gasteiger partial charge in [-0.3, -0.25) is 9.78 Å². The van der Waals surface area contributed by atoms with Crippen LogP contribution in [0.3, 0.4) is 0 Å². The second kappa shape index (κ2) is 7.57. The number of carbonyl (C=O) groups excluding carboxylic acids is 2. The van der Waals surface area contributed by atoms with Gasteiger partial charge in [-0.05, 0) is 30.0 Å². The average Bonchev–Trinajstić information content (AvgIpc) is 2.66. The van der Waals surface area contributed by atoms with Gasteiger partial charge in [-0.25, -0.2) is 4.79 Å². The number of nitrogens with one attached hydrogen (secondary N) is 1. The van der Waals surface area contributed by atoms with Crippen molar-refractivity contribution in [3.05, 3.63) is 72.6 Å². The Morgan fingerprint density at radius 2 is 1.88 bits per heavy atom. The second-order valence-corrected chi connectivity index (χ2v) is 5.56. The number of rotatable bonds is 5. The first-order valence-corrected chi connectivity index (χ1v) is 8.08. The maximum Gasteiger partial charge on any atom is 0.340 e. The van der Waals surface area contributed by atoms with Crippen molar-refractivity contribution in [1.29, 1.82) is 0 Å². The molecule has 3 rings (SSSR count). The molecule has 0 bridgehead atoms. The van der Waals surface area contributed by atoms with E-state index in [9.17, 15) is 9.59 Å². The molecule has 0 aliphatic rings. The molecule has 5 nitrogen and oxygen atoms in total. The van der Waals surface area contributed by atoms with Gasteiger partial charge < -0.3 is 10.1 Å². The van der Waals surface area contributed by atoms with Crippen molar-refractivity contribution in [3.63, 3.8) is 0 Å². The summed E-state index contributed by atoms with van der Waals surface area (Å²) in [4.78, 5) is 28.6. The lowest BCUT2D eigenvalue weighted by Crippen LogP contribution is -2.32. The number of nitrogens with zero attached hydrogens (tertiary/aromatic N) is 1. The topological polar surface area (TPSA) is 68.3 Å². The van der Waals surface area contributed by atoms with Crippen LogP contribution in [0.4, 0.5) is 5.69 Å². The Hall–Kier alpha value is -3.21. The Bertz CT molecular complexity index is 888. The van der Waals surface area contributed by atoms with Crippen LogP contribution in [0.2, 0.25) is 0 Å². The number of amides is 1. The lowest BCUT2D eigenvalue weighted by molar-refractivity contribution is -0.124. The Labute approximate surface area is 145 Å². The molecular formula is C20H18N2O3. The van der Waals surface area contributed by atoms with Gasteiger partial charge in [0.25, 0.3) is 5.91 Å². The van der Waals surface area contributed by atoms with Gasteiger partial charge in [0, 0.05) is 23.5 Å². The van der Waals surface area contributed by atoms with Crippen LogP contribution in [0.5, 0.6) is 0 Å². The second-order valence-electron chi connectivity index (χ2n) is 5.56. The predicted octanol–water partition coefficient (Wildman–Crippen LogP) is 3.81. The third-order valence-electron chi connectivity index (χ3n) is 3.86. The van der Waals surface area contributed by atoms with E-state index in [-0.39, 0.29) is 5.91 Å². The molecule has 0 radical (unpaired) electrons. The highest BCUT2D eigenvalue weighted by Gasteiger charge is 2.22. The van der Waals surface area contributed by atoms with E-state index >= 15 is 0 Å². The Morgan fingerprint density at radius 3 is 2.64 bits per heavy atom. The minimum Gasteiger partial charge on any atom is -0.449 e. The molecule has 0 saturated carbocycles. The van der Waals surface area contributed by atoms with Crippen molar-refractivity contribution in [2.24, 2.45) is 0 Å². The fraction of sp³-hybridized carbons (Fsp3) is 0.150. The van der Waals surface area contributed by atoms with Crippen LogP contribution in [0.1, 0.15) is 23.7 Å². The zero-order valence-electron chi connectivity index (χ0n) is 13.8. The summed E-state index contributed by atoms with van der Waals surface area (Å²) < 4.78 is 5.34. The van der Waals surface area contributed by atoms with Crippen molar-refractivity contribution < 1.29 is 14.3 Å². The highest BCUT2D eigenvalue weighted by atomic mass is 16.5. The van der Waals surface area contributed by atoms with Gasteiger partial charge in [0.2, 0.25) is 0 Å². The van der Waals surface area contributed by atoms with Crippen LogP contribution >= 0.6 is 0 Å². The fourth-order valence-corrected chi connectivity index (χ4v) is 2.55. The molecule has 1 atom stereocenters. The highest BCUT2D eigenvalue weighted by molar-refractivity contribution is 6.04. The molecule has 5 heteroatoms. The molecule has 0 saturated heterocycles. The van der Waals surface area contributed by atoms with Crippen LogP contribution in [-0.2, 0) is 9.53 Å². The molecular weight excluding hydrogens is 316 g/mol. The Kier molecular flexibility index (Phi) is 5.04. The van der Waals surface area contributed by atoms with Crippen molar-refractivity contribution in [1.82, 2.24) is 4.98 Å². The number of hydrogen-bond acceptors (Lipinski definition) is 4. The zero-order chi connectivity index (χ0) is 17.6. The third-order valence-corrected chi connectivity index (χ3v) is 3.86. The Morgan fingerprint density at radius 1 is 1.08 bits per heavy atom. The summed E-state index contributed by atoms with van der Waals surface area (Å²) in [6, 6.07) is 16.7. The van der Waals surface area contributed by atoms with Crippen molar-refractivity contribution in [2.45, 2.75) is 19.4 Å². The molecule has 2 aromatic carbocycles. The summed E-state index contributed by atoms with van der Waals surface area (Å²) in [5.74, 6) is -0.913. The van der Waals surface area contributed by atoms with E-state index in [0.29, 0.717) is 17.7 Å². The smallest absolute Gasteiger partial charge is 0.340 e. The number of aromatic nitrogens is 1. The van der Waals surface area contributed by atoms with Gasteiger partial charge in [0.1, 0.15) is 0 Å². The maximum atomic E-state index is 12.6. The first kappa shape index (κ1) is 16.6. The molecule has 0 aliphatic heterocycles. The summed E-state index contributed by atoms with van der Waals surface area (Å²) in [7, 11) is 0. The molecule has 0 aliphatic carbocycles. The average molecular weight is 334 g/mol. The number of hydrogen-bond donors (Lipinski definition) is 1. The molecule has 1 unspecified atom stereocenters. The number of anilines is 1. The van der Waals surface area contributed by atoms with E-state index < -0.39 is 12.1 Å². The van der Waals surface area contributed by atoms with Crippen molar-refractivity contribution in [3.8, 4) is 0 Å². The first-order valence-electron chi connectivity index (χ1n) is 8.08. The van der Waals surface area contributed by atoms with E-state index in [4.69, 9.17) is 4.74 Å². The van der Waals surface area contributed by atoms with Crippen LogP contribution < -0.4 is 5.32 Å². The Balaban J connectivity index is 1.75. The van der Waals surface area contributed by atoms with Gasteiger partial charge >= 0.3 is 5.97 Å². The standard InChI is InChI=1S/C20H18N2O3/c1-2-18(25-20(24)15-9-6-12-21-13-15)19(23)22-17-11-5-8-14-7-3-4-10-16(14)17/h3-13,18H,2H2,1H3,(H,22,23). The van der Waals surface area contributed by atoms with Gasteiger partial charge in [0.05, 0.1) is 5.56 Å². The van der Waals surface area contributed by atoms with Gasteiger partial charge in [0.15, 0.2) is 6.10 Å². The van der Waals surface area contributed by atoms with Crippen molar-refractivity contribution in [2.75, 3.05) is 5.32 Å². The van der Waals surface area contributed by atoms with E-state index in [1.807, 2.05) is 42.5 Å². The maximum absolute atomic E-state index is 12.6. The largest absolute Gasteiger partial charge is 0.449 e. The van der Waals surface area contributed by atoms with E-state index in [2.05, 4.69) is 10.3 Å².